The third-order valence-corrected chi connectivity index (χ3v) is 11.2. The fourth-order valence-electron chi connectivity index (χ4n) is 3.98. The van der Waals surface area contributed by atoms with Gasteiger partial charge in [-0.05, 0) is 52.5 Å². The second kappa shape index (κ2) is 9.10. The molecule has 34 heavy (non-hydrogen) atoms. The summed E-state index contributed by atoms with van der Waals surface area (Å²) in [4.78, 5) is 24.2. The molecule has 0 saturated heterocycles. The smallest absolute Gasteiger partial charge is 0.411 e. The van der Waals surface area contributed by atoms with Gasteiger partial charge in [0.1, 0.15) is 12.4 Å². The first-order valence-corrected chi connectivity index (χ1v) is 14.4. The summed E-state index contributed by atoms with van der Waals surface area (Å²) in [6.45, 7) is 10.9. The van der Waals surface area contributed by atoms with Crippen molar-refractivity contribution in [2.45, 2.75) is 44.8 Å². The monoisotopic (exact) mass is 473 g/mol. The van der Waals surface area contributed by atoms with Gasteiger partial charge in [-0.3, -0.25) is 10.1 Å². The van der Waals surface area contributed by atoms with Crippen molar-refractivity contribution in [2.24, 2.45) is 0 Å². The molecule has 0 fully saturated rings. The Morgan fingerprint density at radius 3 is 2.12 bits per heavy atom. The topological polar surface area (TPSA) is 64.6 Å². The highest BCUT2D eigenvalue weighted by Gasteiger charge is 2.39. The maximum absolute atomic E-state index is 12.7. The third-order valence-electron chi connectivity index (χ3n) is 6.90. The molecule has 0 unspecified atom stereocenters. The van der Waals surface area contributed by atoms with Crippen LogP contribution < -0.4 is 9.74 Å². The molecule has 0 spiro atoms. The van der Waals surface area contributed by atoms with Crippen molar-refractivity contribution in [3.05, 3.63) is 83.4 Å². The van der Waals surface area contributed by atoms with Crippen LogP contribution in [-0.4, -0.2) is 27.3 Å². The van der Waals surface area contributed by atoms with E-state index in [0.29, 0.717) is 17.0 Å². The van der Waals surface area contributed by atoms with Crippen molar-refractivity contribution in [1.82, 2.24) is 0 Å². The van der Waals surface area contributed by atoms with Crippen LogP contribution in [0.4, 0.5) is 10.5 Å². The van der Waals surface area contributed by atoms with Crippen molar-refractivity contribution in [1.29, 1.82) is 0 Å². The van der Waals surface area contributed by atoms with E-state index in [9.17, 15) is 9.59 Å². The van der Waals surface area contributed by atoms with Crippen LogP contribution in [0.3, 0.4) is 0 Å². The summed E-state index contributed by atoms with van der Waals surface area (Å²) in [6.07, 6.45) is 0.235. The molecule has 0 bridgehead atoms. The summed E-state index contributed by atoms with van der Waals surface area (Å²) in [5, 5.41) is 2.76. The number of nitrogens with one attached hydrogen (secondary N) is 1. The molecule has 3 aromatic carbocycles. The number of amides is 1. The van der Waals surface area contributed by atoms with Gasteiger partial charge in [0.05, 0.1) is 5.56 Å². The van der Waals surface area contributed by atoms with Crippen molar-refractivity contribution < 1.29 is 18.8 Å². The zero-order chi connectivity index (χ0) is 24.5. The Kier molecular flexibility index (Phi) is 6.36. The Bertz CT molecular complexity index is 1180. The van der Waals surface area contributed by atoms with E-state index >= 15 is 0 Å². The number of carbonyl (C=O) groups is 2. The molecule has 1 aliphatic carbocycles. The number of hydrogen-bond donors (Lipinski definition) is 1. The van der Waals surface area contributed by atoms with Gasteiger partial charge in [0.25, 0.3) is 8.32 Å². The molecule has 1 N–H and O–H groups in total. The number of aldehydes is 1. The van der Waals surface area contributed by atoms with Gasteiger partial charge in [-0.1, -0.05) is 69.3 Å². The lowest BCUT2D eigenvalue weighted by Crippen LogP contribution is -2.44. The molecule has 1 aliphatic rings. The number of anilines is 1. The molecule has 4 rings (SSSR count). The lowest BCUT2D eigenvalue weighted by Gasteiger charge is -2.36. The number of carbonyl (C=O) groups excluding carboxylic acids is 2. The fourth-order valence-corrected chi connectivity index (χ4v) is 5.01. The Morgan fingerprint density at radius 1 is 0.971 bits per heavy atom. The van der Waals surface area contributed by atoms with E-state index in [0.717, 1.165) is 17.4 Å². The Labute approximate surface area is 202 Å². The van der Waals surface area contributed by atoms with Gasteiger partial charge in [-0.15, -0.1) is 0 Å². The minimum atomic E-state index is -2.16. The summed E-state index contributed by atoms with van der Waals surface area (Å²) < 4.78 is 12.0. The molecule has 5 nitrogen and oxygen atoms in total. The minimum Gasteiger partial charge on any atom is -0.543 e. The van der Waals surface area contributed by atoms with Crippen LogP contribution in [0.25, 0.3) is 11.1 Å². The molecule has 176 valence electrons. The van der Waals surface area contributed by atoms with Gasteiger partial charge >= 0.3 is 6.09 Å². The largest absolute Gasteiger partial charge is 0.543 e. The second-order valence-corrected chi connectivity index (χ2v) is 14.9. The summed E-state index contributed by atoms with van der Waals surface area (Å²) in [6, 6.07) is 21.5. The standard InChI is InChI=1S/C28H31NO4Si/c1-28(2,3)34(4,5)33-26-16-20(15-14-19(26)17-30)29-27(31)32-18-25-23-12-8-6-10-21(23)22-11-7-9-13-24(22)25/h6-17,25H,18H2,1-5H3,(H,29,31). The molecule has 0 aromatic heterocycles. The first-order valence-electron chi connectivity index (χ1n) is 11.5. The van der Waals surface area contributed by atoms with E-state index in [2.05, 4.69) is 63.4 Å². The van der Waals surface area contributed by atoms with Gasteiger partial charge in [-0.25, -0.2) is 4.79 Å². The maximum Gasteiger partial charge on any atom is 0.411 e. The predicted octanol–water partition coefficient (Wildman–Crippen LogP) is 7.24. The van der Waals surface area contributed by atoms with Crippen molar-refractivity contribution in [3.8, 4) is 16.9 Å². The minimum absolute atomic E-state index is 0.00642. The van der Waals surface area contributed by atoms with Gasteiger partial charge in [0.15, 0.2) is 6.29 Å². The molecule has 3 aromatic rings. The predicted molar refractivity (Wildman–Crippen MR) is 138 cm³/mol. The van der Waals surface area contributed by atoms with Gasteiger partial charge < -0.3 is 9.16 Å². The second-order valence-electron chi connectivity index (χ2n) is 10.2. The van der Waals surface area contributed by atoms with Crippen molar-refractivity contribution in [3.63, 3.8) is 0 Å². The van der Waals surface area contributed by atoms with Crippen molar-refractivity contribution in [2.75, 3.05) is 11.9 Å². The number of hydrogen-bond acceptors (Lipinski definition) is 4. The number of fused-ring (bicyclic) bond motifs is 3. The molecule has 0 heterocycles. The first kappa shape index (κ1) is 23.8. The average molecular weight is 474 g/mol. The quantitative estimate of drug-likeness (QED) is 0.303. The zero-order valence-corrected chi connectivity index (χ0v) is 21.3. The van der Waals surface area contributed by atoms with Crippen LogP contribution in [0.1, 0.15) is 48.2 Å². The molecule has 0 atom stereocenters. The summed E-state index contributed by atoms with van der Waals surface area (Å²) in [7, 11) is -2.16. The third kappa shape index (κ3) is 4.64. The van der Waals surface area contributed by atoms with E-state index in [1.165, 1.54) is 11.1 Å². The zero-order valence-electron chi connectivity index (χ0n) is 20.3. The highest BCUT2D eigenvalue weighted by atomic mass is 28.4. The molecule has 6 heteroatoms. The number of ether oxygens (including phenoxy) is 1. The molecular weight excluding hydrogens is 442 g/mol. The highest BCUT2D eigenvalue weighted by molar-refractivity contribution is 6.74. The normalized spacial score (nSPS) is 13.1. The van der Waals surface area contributed by atoms with Crippen molar-refractivity contribution >= 4 is 26.4 Å². The van der Waals surface area contributed by atoms with Crippen LogP contribution in [0.15, 0.2) is 66.7 Å². The van der Waals surface area contributed by atoms with Crippen LogP contribution in [0.5, 0.6) is 5.75 Å². The lowest BCUT2D eigenvalue weighted by molar-refractivity contribution is 0.112. The summed E-state index contributed by atoms with van der Waals surface area (Å²) in [5.41, 5.74) is 5.68. The number of rotatable bonds is 6. The average Bonchev–Trinajstić information content (AvgIpc) is 3.11. The number of benzene rings is 3. The molecule has 0 aliphatic heterocycles. The van der Waals surface area contributed by atoms with E-state index in [1.807, 2.05) is 24.3 Å². The Balaban J connectivity index is 1.47. The fraction of sp³-hybridized carbons (Fsp3) is 0.286. The lowest BCUT2D eigenvalue weighted by atomic mass is 9.98. The van der Waals surface area contributed by atoms with Gasteiger partial charge in [-0.2, -0.15) is 0 Å². The summed E-state index contributed by atoms with van der Waals surface area (Å²) in [5.74, 6) is 0.478. The van der Waals surface area contributed by atoms with E-state index < -0.39 is 14.4 Å². The molecular formula is C28H31NO4Si. The van der Waals surface area contributed by atoms with E-state index in [-0.39, 0.29) is 17.6 Å². The van der Waals surface area contributed by atoms with Crippen LogP contribution in [-0.2, 0) is 4.74 Å². The SMILES string of the molecule is CC(C)(C)[Si](C)(C)Oc1cc(NC(=O)OCC2c3ccccc3-c3ccccc32)ccc1C=O. The van der Waals surface area contributed by atoms with Crippen LogP contribution in [0, 0.1) is 0 Å². The molecule has 0 radical (unpaired) electrons. The Morgan fingerprint density at radius 2 is 1.56 bits per heavy atom. The van der Waals surface area contributed by atoms with Gasteiger partial charge in [0.2, 0.25) is 0 Å². The highest BCUT2D eigenvalue weighted by Crippen LogP contribution is 2.44. The first-order chi connectivity index (χ1) is 16.1. The van der Waals surface area contributed by atoms with Crippen LogP contribution >= 0.6 is 0 Å². The van der Waals surface area contributed by atoms with E-state index in [4.69, 9.17) is 9.16 Å². The summed E-state index contributed by atoms with van der Waals surface area (Å²) >= 11 is 0. The molecule has 0 saturated carbocycles. The Hall–Kier alpha value is -3.38. The maximum atomic E-state index is 12.7. The van der Waals surface area contributed by atoms with Crippen LogP contribution in [0.2, 0.25) is 18.1 Å². The van der Waals surface area contributed by atoms with E-state index in [1.54, 1.807) is 18.2 Å². The van der Waals surface area contributed by atoms with Gasteiger partial charge in [0, 0.05) is 17.7 Å². The molecule has 1 amide bonds.